The molecule has 1 aromatic carbocycles. The number of benzene rings is 1. The second-order valence-corrected chi connectivity index (χ2v) is 4.40. The van der Waals surface area contributed by atoms with Gasteiger partial charge in [0.05, 0.1) is 13.2 Å². The van der Waals surface area contributed by atoms with Gasteiger partial charge in [0.15, 0.2) is 0 Å². The van der Waals surface area contributed by atoms with Crippen molar-refractivity contribution < 1.29 is 9.84 Å². The molecule has 0 fully saturated rings. The third-order valence-corrected chi connectivity index (χ3v) is 3.32. The molecule has 1 rings (SSSR count). The molecule has 2 unspecified atom stereocenters. The van der Waals surface area contributed by atoms with E-state index in [1.165, 1.54) is 0 Å². The van der Waals surface area contributed by atoms with Crippen LogP contribution < -0.4 is 10.1 Å². The van der Waals surface area contributed by atoms with E-state index >= 15 is 0 Å². The topological polar surface area (TPSA) is 41.5 Å². The Bertz CT molecular complexity index is 377. The fourth-order valence-corrected chi connectivity index (χ4v) is 2.06. The number of hydrogen-bond acceptors (Lipinski definition) is 3. The predicted octanol–water partition coefficient (Wildman–Crippen LogP) is 2.34. The monoisotopic (exact) mass is 237 g/mol. The molecule has 0 amide bonds. The van der Waals surface area contributed by atoms with Crippen LogP contribution in [0.5, 0.6) is 5.75 Å². The van der Waals surface area contributed by atoms with Gasteiger partial charge in [0.1, 0.15) is 5.75 Å². The molecular weight excluding hydrogens is 214 g/mol. The van der Waals surface area contributed by atoms with Crippen LogP contribution in [0, 0.1) is 13.8 Å². The van der Waals surface area contributed by atoms with Crippen LogP contribution in [0.25, 0.3) is 0 Å². The third kappa shape index (κ3) is 2.99. The van der Waals surface area contributed by atoms with Crippen molar-refractivity contribution in [2.24, 2.45) is 0 Å². The standard InChI is InChI=1S/C14H23NO2/c1-6-15-11(4)14(16)12-7-8-13(17-5)10(3)9(12)2/h7-8,11,14-16H,6H2,1-5H3. The van der Waals surface area contributed by atoms with Gasteiger partial charge >= 0.3 is 0 Å². The lowest BCUT2D eigenvalue weighted by atomic mass is 9.95. The van der Waals surface area contributed by atoms with Crippen LogP contribution in [0.3, 0.4) is 0 Å². The Labute approximate surface area is 104 Å². The van der Waals surface area contributed by atoms with E-state index in [2.05, 4.69) is 5.32 Å². The minimum absolute atomic E-state index is 0.0477. The Morgan fingerprint density at radius 2 is 1.94 bits per heavy atom. The largest absolute Gasteiger partial charge is 0.496 e. The van der Waals surface area contributed by atoms with E-state index in [0.717, 1.165) is 29.0 Å². The molecule has 0 saturated heterocycles. The van der Waals surface area contributed by atoms with Gasteiger partial charge in [0, 0.05) is 6.04 Å². The quantitative estimate of drug-likeness (QED) is 0.826. The van der Waals surface area contributed by atoms with Crippen molar-refractivity contribution in [1.29, 1.82) is 0 Å². The smallest absolute Gasteiger partial charge is 0.122 e. The van der Waals surface area contributed by atoms with Crippen LogP contribution in [0.15, 0.2) is 12.1 Å². The lowest BCUT2D eigenvalue weighted by Crippen LogP contribution is -2.32. The molecule has 0 saturated carbocycles. The van der Waals surface area contributed by atoms with E-state index in [1.807, 2.05) is 39.8 Å². The Kier molecular flexibility index (Phi) is 4.97. The first-order chi connectivity index (χ1) is 8.02. The van der Waals surface area contributed by atoms with Gasteiger partial charge in [-0.2, -0.15) is 0 Å². The van der Waals surface area contributed by atoms with E-state index in [4.69, 9.17) is 4.74 Å². The van der Waals surface area contributed by atoms with Gasteiger partial charge in [-0.25, -0.2) is 0 Å². The van der Waals surface area contributed by atoms with E-state index in [1.54, 1.807) is 7.11 Å². The molecular formula is C14H23NO2. The molecule has 0 aromatic heterocycles. The fourth-order valence-electron chi connectivity index (χ4n) is 2.06. The molecule has 0 aliphatic rings. The number of likely N-dealkylation sites (N-methyl/N-ethyl adjacent to an activating group) is 1. The summed E-state index contributed by atoms with van der Waals surface area (Å²) in [5, 5.41) is 13.5. The summed E-state index contributed by atoms with van der Waals surface area (Å²) in [4.78, 5) is 0. The zero-order valence-corrected chi connectivity index (χ0v) is 11.4. The van der Waals surface area contributed by atoms with E-state index in [-0.39, 0.29) is 6.04 Å². The fraction of sp³-hybridized carbons (Fsp3) is 0.571. The van der Waals surface area contributed by atoms with Gasteiger partial charge in [-0.3, -0.25) is 0 Å². The maximum atomic E-state index is 10.3. The molecule has 0 heterocycles. The summed E-state index contributed by atoms with van der Waals surface area (Å²) in [5.74, 6) is 0.870. The van der Waals surface area contributed by atoms with Gasteiger partial charge in [0.2, 0.25) is 0 Å². The highest BCUT2D eigenvalue weighted by Crippen LogP contribution is 2.29. The van der Waals surface area contributed by atoms with Crippen molar-refractivity contribution in [3.05, 3.63) is 28.8 Å². The summed E-state index contributed by atoms with van der Waals surface area (Å²) >= 11 is 0. The molecule has 2 N–H and O–H groups in total. The lowest BCUT2D eigenvalue weighted by molar-refractivity contribution is 0.136. The molecule has 2 atom stereocenters. The number of rotatable bonds is 5. The maximum Gasteiger partial charge on any atom is 0.122 e. The molecule has 0 aliphatic carbocycles. The Balaban J connectivity index is 3.03. The van der Waals surface area contributed by atoms with Gasteiger partial charge < -0.3 is 15.2 Å². The molecule has 3 heteroatoms. The third-order valence-electron chi connectivity index (χ3n) is 3.32. The summed E-state index contributed by atoms with van der Waals surface area (Å²) in [5.41, 5.74) is 3.16. The number of hydrogen-bond donors (Lipinski definition) is 2. The zero-order chi connectivity index (χ0) is 13.0. The summed E-state index contributed by atoms with van der Waals surface area (Å²) in [7, 11) is 1.67. The average molecular weight is 237 g/mol. The molecule has 3 nitrogen and oxygen atoms in total. The summed E-state index contributed by atoms with van der Waals surface area (Å²) < 4.78 is 5.27. The van der Waals surface area contributed by atoms with Gasteiger partial charge in [0.25, 0.3) is 0 Å². The van der Waals surface area contributed by atoms with E-state index < -0.39 is 6.10 Å². The van der Waals surface area contributed by atoms with Gasteiger partial charge in [-0.1, -0.05) is 13.0 Å². The molecule has 0 spiro atoms. The second-order valence-electron chi connectivity index (χ2n) is 4.40. The highest BCUT2D eigenvalue weighted by Gasteiger charge is 2.19. The summed E-state index contributed by atoms with van der Waals surface area (Å²) in [6.07, 6.45) is -0.487. The van der Waals surface area contributed by atoms with Crippen LogP contribution >= 0.6 is 0 Å². The van der Waals surface area contributed by atoms with E-state index in [0.29, 0.717) is 0 Å². The van der Waals surface area contributed by atoms with E-state index in [9.17, 15) is 5.11 Å². The normalized spacial score (nSPS) is 14.5. The van der Waals surface area contributed by atoms with Crippen LogP contribution in [0.4, 0.5) is 0 Å². The van der Waals surface area contributed by atoms with Crippen molar-refractivity contribution in [2.45, 2.75) is 39.8 Å². The second kappa shape index (κ2) is 6.03. The number of methoxy groups -OCH3 is 1. The van der Waals surface area contributed by atoms with Crippen LogP contribution in [-0.2, 0) is 0 Å². The van der Waals surface area contributed by atoms with Crippen molar-refractivity contribution in [1.82, 2.24) is 5.32 Å². The van der Waals surface area contributed by atoms with Crippen molar-refractivity contribution in [2.75, 3.05) is 13.7 Å². The molecule has 1 aromatic rings. The first kappa shape index (κ1) is 14.0. The maximum absolute atomic E-state index is 10.3. The Morgan fingerprint density at radius 1 is 1.29 bits per heavy atom. The van der Waals surface area contributed by atoms with Crippen molar-refractivity contribution >= 4 is 0 Å². The van der Waals surface area contributed by atoms with Crippen LogP contribution in [0.1, 0.15) is 36.6 Å². The van der Waals surface area contributed by atoms with Gasteiger partial charge in [-0.15, -0.1) is 0 Å². The number of aliphatic hydroxyl groups excluding tert-OH is 1. The minimum atomic E-state index is -0.487. The lowest BCUT2D eigenvalue weighted by Gasteiger charge is -2.23. The molecule has 0 radical (unpaired) electrons. The highest BCUT2D eigenvalue weighted by molar-refractivity contribution is 5.44. The molecule has 0 bridgehead atoms. The van der Waals surface area contributed by atoms with Crippen molar-refractivity contribution in [3.63, 3.8) is 0 Å². The first-order valence-corrected chi connectivity index (χ1v) is 6.08. The molecule has 17 heavy (non-hydrogen) atoms. The van der Waals surface area contributed by atoms with Crippen molar-refractivity contribution in [3.8, 4) is 5.75 Å². The SMILES string of the molecule is CCNC(C)C(O)c1ccc(OC)c(C)c1C. The van der Waals surface area contributed by atoms with Gasteiger partial charge in [-0.05, 0) is 50.1 Å². The summed E-state index contributed by atoms with van der Waals surface area (Å²) in [6.45, 7) is 8.92. The zero-order valence-electron chi connectivity index (χ0n) is 11.4. The predicted molar refractivity (Wildman–Crippen MR) is 70.6 cm³/mol. The van der Waals surface area contributed by atoms with Crippen LogP contribution in [0.2, 0.25) is 0 Å². The number of aliphatic hydroxyl groups is 1. The highest BCUT2D eigenvalue weighted by atomic mass is 16.5. The average Bonchev–Trinajstić information content (AvgIpc) is 2.32. The first-order valence-electron chi connectivity index (χ1n) is 6.08. The number of nitrogens with one attached hydrogen (secondary N) is 1. The molecule has 0 aliphatic heterocycles. The Morgan fingerprint density at radius 3 is 2.47 bits per heavy atom. The Hall–Kier alpha value is -1.06. The molecule has 96 valence electrons. The van der Waals surface area contributed by atoms with Crippen LogP contribution in [-0.4, -0.2) is 24.8 Å². The summed E-state index contributed by atoms with van der Waals surface area (Å²) in [6, 6.07) is 3.91. The number of ether oxygens (including phenoxy) is 1. The minimum Gasteiger partial charge on any atom is -0.496 e.